The number of primary amides is 1. The minimum Gasteiger partial charge on any atom is -0.368 e. The fourth-order valence-electron chi connectivity index (χ4n) is 2.50. The molecule has 28 heavy (non-hydrogen) atoms. The Balaban J connectivity index is 1.67. The fraction of sp³-hybridized carbons (Fsp3) is 0.111. The summed E-state index contributed by atoms with van der Waals surface area (Å²) in [5.41, 5.74) is 7.94. The molecular weight excluding hydrogens is 362 g/mol. The van der Waals surface area contributed by atoms with Gasteiger partial charge in [0.15, 0.2) is 0 Å². The molecule has 10 heteroatoms. The maximum absolute atomic E-state index is 12.5. The number of hydrogen-bond donors (Lipinski definition) is 3. The Labute approximate surface area is 159 Å². The summed E-state index contributed by atoms with van der Waals surface area (Å²) in [6.07, 6.45) is 1.48. The number of amides is 3. The lowest BCUT2D eigenvalue weighted by Crippen LogP contribution is -2.33. The highest BCUT2D eigenvalue weighted by molar-refractivity contribution is 6.05. The van der Waals surface area contributed by atoms with Crippen molar-refractivity contribution in [3.05, 3.63) is 65.5 Å². The molecule has 1 heterocycles. The van der Waals surface area contributed by atoms with Crippen molar-refractivity contribution in [2.24, 2.45) is 5.73 Å². The number of nitrogens with zero attached hydrogens (tertiary/aromatic N) is 4. The molecule has 0 spiro atoms. The highest BCUT2D eigenvalue weighted by atomic mass is 16.2. The molecule has 2 aromatic carbocycles. The molecule has 0 atom stereocenters. The van der Waals surface area contributed by atoms with Gasteiger partial charge in [0.05, 0.1) is 12.2 Å². The lowest BCUT2D eigenvalue weighted by Gasteiger charge is -2.09. The van der Waals surface area contributed by atoms with Crippen LogP contribution in [0.3, 0.4) is 0 Å². The molecule has 3 rings (SSSR count). The Bertz CT molecular complexity index is 1010. The molecule has 0 bridgehead atoms. The standard InChI is InChI=1S/C18H17N7O3/c1-11-8-13(4-7-15(11)25-10-21-23-24-25)18(28)22-14-5-2-12(3-6-14)17(27)20-9-16(19)26/h2-8,10H,9H2,1H3,(H2,19,26)(H,20,27)(H,22,28). The molecule has 0 fully saturated rings. The SMILES string of the molecule is Cc1cc(C(=O)Nc2ccc(C(=O)NCC(N)=O)cc2)ccc1-n1cnnn1. The molecule has 1 aromatic heterocycles. The van der Waals surface area contributed by atoms with E-state index in [1.54, 1.807) is 30.3 Å². The Morgan fingerprint density at radius 2 is 1.75 bits per heavy atom. The molecule has 3 amide bonds. The molecular formula is C18H17N7O3. The van der Waals surface area contributed by atoms with Gasteiger partial charge >= 0.3 is 0 Å². The van der Waals surface area contributed by atoms with E-state index in [4.69, 9.17) is 5.73 Å². The number of hydrogen-bond acceptors (Lipinski definition) is 6. The Kier molecular flexibility index (Phi) is 5.40. The summed E-state index contributed by atoms with van der Waals surface area (Å²) in [5, 5.41) is 16.2. The van der Waals surface area contributed by atoms with Crippen molar-refractivity contribution < 1.29 is 14.4 Å². The summed E-state index contributed by atoms with van der Waals surface area (Å²) in [6.45, 7) is 1.62. The van der Waals surface area contributed by atoms with Crippen LogP contribution in [0.15, 0.2) is 48.8 Å². The zero-order valence-corrected chi connectivity index (χ0v) is 14.9. The molecule has 3 aromatic rings. The second kappa shape index (κ2) is 8.08. The number of rotatable bonds is 6. The Morgan fingerprint density at radius 1 is 1.04 bits per heavy atom. The number of tetrazole rings is 1. The van der Waals surface area contributed by atoms with Crippen molar-refractivity contribution in [3.63, 3.8) is 0 Å². The van der Waals surface area contributed by atoms with E-state index in [1.807, 2.05) is 6.92 Å². The summed E-state index contributed by atoms with van der Waals surface area (Å²) >= 11 is 0. The number of aromatic nitrogens is 4. The van der Waals surface area contributed by atoms with Crippen LogP contribution in [0, 0.1) is 6.92 Å². The smallest absolute Gasteiger partial charge is 0.255 e. The first-order valence-electron chi connectivity index (χ1n) is 8.26. The Morgan fingerprint density at radius 3 is 2.36 bits per heavy atom. The van der Waals surface area contributed by atoms with Gasteiger partial charge in [0.1, 0.15) is 6.33 Å². The monoisotopic (exact) mass is 379 g/mol. The Hall–Kier alpha value is -4.08. The first kappa shape index (κ1) is 18.7. The molecule has 0 unspecified atom stereocenters. The van der Waals surface area contributed by atoms with Crippen LogP contribution in [0.2, 0.25) is 0 Å². The molecule has 0 saturated carbocycles. The predicted octanol–water partition coefficient (Wildman–Crippen LogP) is 0.438. The largest absolute Gasteiger partial charge is 0.368 e. The quantitative estimate of drug-likeness (QED) is 0.566. The van der Waals surface area contributed by atoms with Crippen molar-refractivity contribution in [3.8, 4) is 5.69 Å². The fourth-order valence-corrected chi connectivity index (χ4v) is 2.50. The van der Waals surface area contributed by atoms with Crippen LogP contribution in [0.25, 0.3) is 5.69 Å². The van der Waals surface area contributed by atoms with Gasteiger partial charge in [0, 0.05) is 16.8 Å². The third-order valence-corrected chi connectivity index (χ3v) is 3.88. The van der Waals surface area contributed by atoms with Gasteiger partial charge in [0.2, 0.25) is 5.91 Å². The van der Waals surface area contributed by atoms with E-state index in [2.05, 4.69) is 26.2 Å². The van der Waals surface area contributed by atoms with Crippen molar-refractivity contribution in [2.75, 3.05) is 11.9 Å². The first-order valence-corrected chi connectivity index (χ1v) is 8.26. The minimum atomic E-state index is -0.626. The van der Waals surface area contributed by atoms with Gasteiger partial charge in [-0.15, -0.1) is 5.10 Å². The van der Waals surface area contributed by atoms with E-state index in [-0.39, 0.29) is 12.5 Å². The van der Waals surface area contributed by atoms with Crippen LogP contribution in [-0.2, 0) is 4.79 Å². The predicted molar refractivity (Wildman–Crippen MR) is 99.8 cm³/mol. The summed E-state index contributed by atoms with van der Waals surface area (Å²) in [5.74, 6) is -1.35. The van der Waals surface area contributed by atoms with Crippen molar-refractivity contribution in [1.82, 2.24) is 25.5 Å². The third kappa shape index (κ3) is 4.36. The summed E-state index contributed by atoms with van der Waals surface area (Å²) in [4.78, 5) is 35.0. The van der Waals surface area contributed by atoms with Crippen LogP contribution >= 0.6 is 0 Å². The number of aryl methyl sites for hydroxylation is 1. The molecule has 0 aliphatic rings. The summed E-state index contributed by atoms with van der Waals surface area (Å²) in [6, 6.07) is 11.4. The zero-order chi connectivity index (χ0) is 20.1. The van der Waals surface area contributed by atoms with Gasteiger partial charge in [-0.2, -0.15) is 0 Å². The third-order valence-electron chi connectivity index (χ3n) is 3.88. The molecule has 4 N–H and O–H groups in total. The van der Waals surface area contributed by atoms with Gasteiger partial charge < -0.3 is 16.4 Å². The van der Waals surface area contributed by atoms with Crippen LogP contribution in [0.4, 0.5) is 5.69 Å². The van der Waals surface area contributed by atoms with Crippen molar-refractivity contribution >= 4 is 23.4 Å². The zero-order valence-electron chi connectivity index (χ0n) is 14.9. The second-order valence-electron chi connectivity index (χ2n) is 5.94. The van der Waals surface area contributed by atoms with Crippen LogP contribution in [0.1, 0.15) is 26.3 Å². The second-order valence-corrected chi connectivity index (χ2v) is 5.94. The molecule has 0 radical (unpaired) electrons. The average molecular weight is 379 g/mol. The van der Waals surface area contributed by atoms with Gasteiger partial charge in [-0.25, -0.2) is 4.68 Å². The normalized spacial score (nSPS) is 10.3. The van der Waals surface area contributed by atoms with E-state index < -0.39 is 11.8 Å². The summed E-state index contributed by atoms with van der Waals surface area (Å²) in [7, 11) is 0. The molecule has 0 saturated heterocycles. The number of anilines is 1. The molecule has 0 aliphatic carbocycles. The lowest BCUT2D eigenvalue weighted by atomic mass is 10.1. The van der Waals surface area contributed by atoms with Gasteiger partial charge in [0.25, 0.3) is 11.8 Å². The maximum Gasteiger partial charge on any atom is 0.255 e. The molecule has 142 valence electrons. The van der Waals surface area contributed by atoms with Gasteiger partial charge in [-0.3, -0.25) is 14.4 Å². The van der Waals surface area contributed by atoms with E-state index in [0.29, 0.717) is 16.8 Å². The van der Waals surface area contributed by atoms with Crippen LogP contribution in [0.5, 0.6) is 0 Å². The van der Waals surface area contributed by atoms with Gasteiger partial charge in [-0.1, -0.05) is 0 Å². The van der Waals surface area contributed by atoms with Crippen LogP contribution in [-0.4, -0.2) is 44.5 Å². The number of benzene rings is 2. The average Bonchev–Trinajstić information content (AvgIpc) is 3.21. The van der Waals surface area contributed by atoms with E-state index in [0.717, 1.165) is 11.3 Å². The summed E-state index contributed by atoms with van der Waals surface area (Å²) < 4.78 is 1.51. The highest BCUT2D eigenvalue weighted by Gasteiger charge is 2.11. The minimum absolute atomic E-state index is 0.239. The topological polar surface area (TPSA) is 145 Å². The molecule has 0 aliphatic heterocycles. The van der Waals surface area contributed by atoms with E-state index in [9.17, 15) is 14.4 Å². The van der Waals surface area contributed by atoms with Crippen molar-refractivity contribution in [1.29, 1.82) is 0 Å². The lowest BCUT2D eigenvalue weighted by molar-refractivity contribution is -0.117. The van der Waals surface area contributed by atoms with Crippen molar-refractivity contribution in [2.45, 2.75) is 6.92 Å². The van der Waals surface area contributed by atoms with E-state index >= 15 is 0 Å². The number of nitrogens with two attached hydrogens (primary N) is 1. The molecule has 10 nitrogen and oxygen atoms in total. The number of nitrogens with one attached hydrogen (secondary N) is 2. The van der Waals surface area contributed by atoms with E-state index in [1.165, 1.54) is 23.1 Å². The van der Waals surface area contributed by atoms with Gasteiger partial charge in [-0.05, 0) is 65.4 Å². The van der Waals surface area contributed by atoms with Crippen LogP contribution < -0.4 is 16.4 Å². The number of carbonyl (C=O) groups is 3. The first-order chi connectivity index (χ1) is 13.4. The highest BCUT2D eigenvalue weighted by Crippen LogP contribution is 2.16. The number of carbonyl (C=O) groups excluding carboxylic acids is 3. The maximum atomic E-state index is 12.5.